The molecule has 0 unspecified atom stereocenters. The standard InChI is InChI=1S/C12H12BrFN2O/c1-2-16-7-11(13)15-12(16)8-17-10-5-3-9(14)4-6-10/h3-7H,2,8H2,1H3. The predicted octanol–water partition coefficient (Wildman–Crippen LogP) is 3.38. The van der Waals surface area contributed by atoms with Crippen molar-refractivity contribution in [3.63, 3.8) is 0 Å². The van der Waals surface area contributed by atoms with Gasteiger partial charge in [0.2, 0.25) is 0 Å². The minimum Gasteiger partial charge on any atom is -0.486 e. The Morgan fingerprint density at radius 1 is 1.35 bits per heavy atom. The second-order valence-electron chi connectivity index (χ2n) is 3.51. The highest BCUT2D eigenvalue weighted by Gasteiger charge is 2.05. The van der Waals surface area contributed by atoms with E-state index in [0.29, 0.717) is 12.4 Å². The Kier molecular flexibility index (Phi) is 3.78. The summed E-state index contributed by atoms with van der Waals surface area (Å²) >= 11 is 3.32. The Morgan fingerprint density at radius 2 is 2.06 bits per heavy atom. The molecule has 0 aliphatic rings. The Labute approximate surface area is 107 Å². The first-order valence-corrected chi connectivity index (χ1v) is 6.08. The lowest BCUT2D eigenvalue weighted by molar-refractivity contribution is 0.289. The van der Waals surface area contributed by atoms with Gasteiger partial charge in [0.05, 0.1) is 0 Å². The maximum Gasteiger partial charge on any atom is 0.148 e. The number of nitrogens with zero attached hydrogens (tertiary/aromatic N) is 2. The first-order valence-electron chi connectivity index (χ1n) is 5.29. The highest BCUT2D eigenvalue weighted by molar-refractivity contribution is 9.10. The van der Waals surface area contributed by atoms with Crippen LogP contribution in [0.4, 0.5) is 4.39 Å². The Hall–Kier alpha value is -1.36. The summed E-state index contributed by atoms with van der Waals surface area (Å²) in [7, 11) is 0. The van der Waals surface area contributed by atoms with E-state index in [2.05, 4.69) is 20.9 Å². The van der Waals surface area contributed by atoms with Crippen LogP contribution in [0.5, 0.6) is 5.75 Å². The van der Waals surface area contributed by atoms with E-state index in [1.54, 1.807) is 12.1 Å². The molecule has 90 valence electrons. The number of hydrogen-bond donors (Lipinski definition) is 0. The van der Waals surface area contributed by atoms with Crippen LogP contribution in [-0.4, -0.2) is 9.55 Å². The highest BCUT2D eigenvalue weighted by atomic mass is 79.9. The molecule has 0 aliphatic carbocycles. The maximum absolute atomic E-state index is 12.7. The van der Waals surface area contributed by atoms with Crippen LogP contribution in [0.25, 0.3) is 0 Å². The highest BCUT2D eigenvalue weighted by Crippen LogP contribution is 2.15. The molecule has 0 bridgehead atoms. The maximum atomic E-state index is 12.7. The molecular weight excluding hydrogens is 287 g/mol. The van der Waals surface area contributed by atoms with Crippen LogP contribution < -0.4 is 4.74 Å². The van der Waals surface area contributed by atoms with Crippen LogP contribution in [-0.2, 0) is 13.2 Å². The molecule has 2 rings (SSSR count). The Balaban J connectivity index is 2.04. The van der Waals surface area contributed by atoms with E-state index in [-0.39, 0.29) is 5.82 Å². The molecule has 17 heavy (non-hydrogen) atoms. The van der Waals surface area contributed by atoms with Gasteiger partial charge in [0.15, 0.2) is 0 Å². The van der Waals surface area contributed by atoms with Gasteiger partial charge in [-0.1, -0.05) is 0 Å². The van der Waals surface area contributed by atoms with E-state index in [1.165, 1.54) is 12.1 Å². The second-order valence-corrected chi connectivity index (χ2v) is 4.32. The molecule has 0 radical (unpaired) electrons. The normalized spacial score (nSPS) is 10.5. The lowest BCUT2D eigenvalue weighted by Gasteiger charge is -2.07. The molecule has 0 saturated carbocycles. The van der Waals surface area contributed by atoms with Gasteiger partial charge in [-0.3, -0.25) is 0 Å². The third kappa shape index (κ3) is 3.06. The lowest BCUT2D eigenvalue weighted by atomic mass is 10.3. The first-order chi connectivity index (χ1) is 8.19. The van der Waals surface area contributed by atoms with Crippen LogP contribution >= 0.6 is 15.9 Å². The van der Waals surface area contributed by atoms with Crippen LogP contribution in [0.3, 0.4) is 0 Å². The van der Waals surface area contributed by atoms with Gasteiger partial charge in [0.1, 0.15) is 28.6 Å². The van der Waals surface area contributed by atoms with Crippen molar-refractivity contribution in [2.75, 3.05) is 0 Å². The number of halogens is 2. The predicted molar refractivity (Wildman–Crippen MR) is 66.3 cm³/mol. The lowest BCUT2D eigenvalue weighted by Crippen LogP contribution is -2.05. The third-order valence-corrected chi connectivity index (χ3v) is 2.73. The molecular formula is C12H12BrFN2O. The van der Waals surface area contributed by atoms with Crippen molar-refractivity contribution < 1.29 is 9.13 Å². The van der Waals surface area contributed by atoms with Crippen molar-refractivity contribution in [3.8, 4) is 5.75 Å². The molecule has 0 aliphatic heterocycles. The molecule has 1 aromatic heterocycles. The van der Waals surface area contributed by atoms with E-state index in [9.17, 15) is 4.39 Å². The third-order valence-electron chi connectivity index (χ3n) is 2.35. The van der Waals surface area contributed by atoms with Crippen molar-refractivity contribution >= 4 is 15.9 Å². The van der Waals surface area contributed by atoms with Gasteiger partial charge >= 0.3 is 0 Å². The van der Waals surface area contributed by atoms with Crippen molar-refractivity contribution in [1.29, 1.82) is 0 Å². The smallest absolute Gasteiger partial charge is 0.148 e. The largest absolute Gasteiger partial charge is 0.486 e. The monoisotopic (exact) mass is 298 g/mol. The molecule has 0 fully saturated rings. The topological polar surface area (TPSA) is 27.1 Å². The number of rotatable bonds is 4. The fraction of sp³-hybridized carbons (Fsp3) is 0.250. The van der Waals surface area contributed by atoms with Crippen LogP contribution in [0.2, 0.25) is 0 Å². The van der Waals surface area contributed by atoms with E-state index in [0.717, 1.165) is 17.0 Å². The van der Waals surface area contributed by atoms with Gasteiger partial charge in [-0.2, -0.15) is 0 Å². The molecule has 0 N–H and O–H groups in total. The summed E-state index contributed by atoms with van der Waals surface area (Å²) in [6.07, 6.45) is 1.91. The van der Waals surface area contributed by atoms with E-state index in [1.807, 2.05) is 17.7 Å². The fourth-order valence-electron chi connectivity index (χ4n) is 1.49. The van der Waals surface area contributed by atoms with Crippen LogP contribution in [0, 0.1) is 5.82 Å². The number of hydrogen-bond acceptors (Lipinski definition) is 2. The number of benzene rings is 1. The molecule has 0 spiro atoms. The number of ether oxygens (including phenoxy) is 1. The van der Waals surface area contributed by atoms with Crippen molar-refractivity contribution in [2.24, 2.45) is 0 Å². The summed E-state index contributed by atoms with van der Waals surface area (Å²) in [6, 6.07) is 5.95. The van der Waals surface area contributed by atoms with Gasteiger partial charge in [-0.05, 0) is 47.1 Å². The molecule has 0 amide bonds. The molecule has 1 heterocycles. The summed E-state index contributed by atoms with van der Waals surface area (Å²) < 4.78 is 21.0. The van der Waals surface area contributed by atoms with Crippen molar-refractivity contribution in [3.05, 3.63) is 46.7 Å². The van der Waals surface area contributed by atoms with Crippen molar-refractivity contribution in [1.82, 2.24) is 9.55 Å². The number of aromatic nitrogens is 2. The van der Waals surface area contributed by atoms with Crippen LogP contribution in [0.15, 0.2) is 35.1 Å². The summed E-state index contributed by atoms with van der Waals surface area (Å²) in [5.74, 6) is 1.20. The zero-order valence-electron chi connectivity index (χ0n) is 9.36. The quantitative estimate of drug-likeness (QED) is 0.865. The molecule has 3 nitrogen and oxygen atoms in total. The van der Waals surface area contributed by atoms with Gasteiger partial charge < -0.3 is 9.30 Å². The van der Waals surface area contributed by atoms with Gasteiger partial charge in [0.25, 0.3) is 0 Å². The SMILES string of the molecule is CCn1cc(Br)nc1COc1ccc(F)cc1. The zero-order valence-corrected chi connectivity index (χ0v) is 10.9. The molecule has 0 saturated heterocycles. The van der Waals surface area contributed by atoms with E-state index < -0.39 is 0 Å². The minimum absolute atomic E-state index is 0.268. The van der Waals surface area contributed by atoms with Crippen molar-refractivity contribution in [2.45, 2.75) is 20.1 Å². The summed E-state index contributed by atoms with van der Waals surface area (Å²) in [5, 5.41) is 0. The summed E-state index contributed by atoms with van der Waals surface area (Å²) in [6.45, 7) is 3.24. The number of imidazole rings is 1. The summed E-state index contributed by atoms with van der Waals surface area (Å²) in [4.78, 5) is 4.29. The van der Waals surface area contributed by atoms with Crippen LogP contribution in [0.1, 0.15) is 12.7 Å². The molecule has 5 heteroatoms. The Morgan fingerprint density at radius 3 is 2.71 bits per heavy atom. The Bertz CT molecular complexity index is 496. The van der Waals surface area contributed by atoms with Gasteiger partial charge in [0, 0.05) is 12.7 Å². The fourth-order valence-corrected chi connectivity index (χ4v) is 1.94. The van der Waals surface area contributed by atoms with Gasteiger partial charge in [-0.25, -0.2) is 9.37 Å². The van der Waals surface area contributed by atoms with Gasteiger partial charge in [-0.15, -0.1) is 0 Å². The zero-order chi connectivity index (χ0) is 12.3. The first kappa shape index (κ1) is 12.1. The van der Waals surface area contributed by atoms with E-state index in [4.69, 9.17) is 4.74 Å². The second kappa shape index (κ2) is 5.31. The number of aryl methyl sites for hydroxylation is 1. The van der Waals surface area contributed by atoms with E-state index >= 15 is 0 Å². The summed E-state index contributed by atoms with van der Waals surface area (Å²) in [5.41, 5.74) is 0. The average Bonchev–Trinajstić information content (AvgIpc) is 2.69. The minimum atomic E-state index is -0.268. The molecule has 1 aromatic carbocycles. The average molecular weight is 299 g/mol. The molecule has 0 atom stereocenters. The molecule has 2 aromatic rings.